The number of aromatic nitrogens is 2. The summed E-state index contributed by atoms with van der Waals surface area (Å²) in [5, 5.41) is 3.97. The molecule has 7 heteroatoms. The first-order valence-corrected chi connectivity index (χ1v) is 7.99. The molecule has 7 nitrogen and oxygen atoms in total. The fraction of sp³-hybridized carbons (Fsp3) is 0.800. The molecule has 0 unspecified atom stereocenters. The Kier molecular flexibility index (Phi) is 5.04. The summed E-state index contributed by atoms with van der Waals surface area (Å²) in [4.78, 5) is 18.3. The van der Waals surface area contributed by atoms with Crippen molar-refractivity contribution >= 4 is 5.91 Å². The second-order valence-electron chi connectivity index (χ2n) is 5.98. The number of carbonyl (C=O) groups is 1. The largest absolute Gasteiger partial charge is 0.376 e. The van der Waals surface area contributed by atoms with Crippen molar-refractivity contribution < 1.29 is 18.8 Å². The van der Waals surface area contributed by atoms with E-state index in [-0.39, 0.29) is 24.5 Å². The molecule has 22 heavy (non-hydrogen) atoms. The minimum Gasteiger partial charge on any atom is -0.376 e. The van der Waals surface area contributed by atoms with Crippen molar-refractivity contribution in [2.75, 3.05) is 32.9 Å². The van der Waals surface area contributed by atoms with Crippen LogP contribution in [0.25, 0.3) is 0 Å². The first-order chi connectivity index (χ1) is 10.7. The fourth-order valence-corrected chi connectivity index (χ4v) is 3.01. The van der Waals surface area contributed by atoms with Gasteiger partial charge in [-0.1, -0.05) is 5.16 Å². The van der Waals surface area contributed by atoms with Gasteiger partial charge in [-0.15, -0.1) is 0 Å². The smallest absolute Gasteiger partial charge is 0.248 e. The summed E-state index contributed by atoms with van der Waals surface area (Å²) in [6.07, 6.45) is 4.03. The highest BCUT2D eigenvalue weighted by molar-refractivity contribution is 5.77. The maximum Gasteiger partial charge on any atom is 0.248 e. The van der Waals surface area contributed by atoms with Crippen molar-refractivity contribution in [2.24, 2.45) is 0 Å². The second kappa shape index (κ2) is 7.19. The molecule has 1 aromatic heterocycles. The molecule has 0 spiro atoms. The Hall–Kier alpha value is -1.47. The second-order valence-corrected chi connectivity index (χ2v) is 5.98. The van der Waals surface area contributed by atoms with Crippen molar-refractivity contribution in [1.82, 2.24) is 15.0 Å². The van der Waals surface area contributed by atoms with E-state index in [2.05, 4.69) is 10.1 Å². The van der Waals surface area contributed by atoms with E-state index in [0.717, 1.165) is 51.2 Å². The quantitative estimate of drug-likeness (QED) is 0.815. The molecule has 0 bridgehead atoms. The van der Waals surface area contributed by atoms with E-state index in [1.807, 2.05) is 4.90 Å². The molecule has 0 radical (unpaired) electrons. The number of carbonyl (C=O) groups excluding carboxylic acids is 1. The van der Waals surface area contributed by atoms with Gasteiger partial charge in [0.05, 0.1) is 12.7 Å². The lowest BCUT2D eigenvalue weighted by Gasteiger charge is -2.30. The van der Waals surface area contributed by atoms with Crippen LogP contribution in [0.5, 0.6) is 0 Å². The van der Waals surface area contributed by atoms with Gasteiger partial charge in [-0.05, 0) is 25.7 Å². The monoisotopic (exact) mass is 309 g/mol. The van der Waals surface area contributed by atoms with Crippen LogP contribution in [0.3, 0.4) is 0 Å². The SMILES string of the molecule is Cc1nc(C2CCN(C(=O)COC[C@@H]3CCCO3)CC2)no1. The van der Waals surface area contributed by atoms with Gasteiger partial charge in [0.2, 0.25) is 11.8 Å². The van der Waals surface area contributed by atoms with Crippen LogP contribution in [0.4, 0.5) is 0 Å². The van der Waals surface area contributed by atoms with Crippen LogP contribution in [0.15, 0.2) is 4.52 Å². The van der Waals surface area contributed by atoms with Crippen molar-refractivity contribution in [2.45, 2.75) is 44.6 Å². The lowest BCUT2D eigenvalue weighted by atomic mass is 9.96. The van der Waals surface area contributed by atoms with Crippen LogP contribution in [-0.2, 0) is 14.3 Å². The average molecular weight is 309 g/mol. The molecule has 122 valence electrons. The minimum absolute atomic E-state index is 0.0562. The molecule has 2 saturated heterocycles. The third kappa shape index (κ3) is 3.84. The Morgan fingerprint density at radius 3 is 2.82 bits per heavy atom. The van der Waals surface area contributed by atoms with Crippen LogP contribution in [0.2, 0.25) is 0 Å². The summed E-state index contributed by atoms with van der Waals surface area (Å²) in [6, 6.07) is 0. The number of aryl methyl sites for hydroxylation is 1. The predicted molar refractivity (Wildman–Crippen MR) is 77.4 cm³/mol. The third-order valence-electron chi connectivity index (χ3n) is 4.31. The van der Waals surface area contributed by atoms with Crippen molar-refractivity contribution in [3.63, 3.8) is 0 Å². The molecule has 0 aromatic carbocycles. The molecule has 0 aliphatic carbocycles. The molecule has 3 heterocycles. The summed E-state index contributed by atoms with van der Waals surface area (Å²) in [6.45, 7) is 4.71. The zero-order valence-corrected chi connectivity index (χ0v) is 13.0. The van der Waals surface area contributed by atoms with Crippen molar-refractivity contribution in [3.8, 4) is 0 Å². The standard InChI is InChI=1S/C15H23N3O4/c1-11-16-15(17-22-11)12-4-6-18(7-5-12)14(19)10-20-9-13-3-2-8-21-13/h12-13H,2-10H2,1H3/t13-/m0/s1. The summed E-state index contributed by atoms with van der Waals surface area (Å²) in [5.74, 6) is 1.70. The average Bonchev–Trinajstić information content (AvgIpc) is 3.19. The maximum absolute atomic E-state index is 12.1. The Morgan fingerprint density at radius 2 is 2.18 bits per heavy atom. The fourth-order valence-electron chi connectivity index (χ4n) is 3.01. The Morgan fingerprint density at radius 1 is 1.36 bits per heavy atom. The molecular weight excluding hydrogens is 286 g/mol. The van der Waals surface area contributed by atoms with Crippen LogP contribution < -0.4 is 0 Å². The molecular formula is C15H23N3O4. The van der Waals surface area contributed by atoms with Gasteiger partial charge in [-0.3, -0.25) is 4.79 Å². The van der Waals surface area contributed by atoms with Gasteiger partial charge in [0, 0.05) is 32.5 Å². The summed E-state index contributed by atoms with van der Waals surface area (Å²) in [7, 11) is 0. The Balaban J connectivity index is 1.38. The van der Waals surface area contributed by atoms with Gasteiger partial charge in [0.1, 0.15) is 6.61 Å². The summed E-state index contributed by atoms with van der Waals surface area (Å²) < 4.78 is 16.0. The van der Waals surface area contributed by atoms with E-state index in [0.29, 0.717) is 12.5 Å². The lowest BCUT2D eigenvalue weighted by Crippen LogP contribution is -2.40. The highest BCUT2D eigenvalue weighted by Gasteiger charge is 2.27. The van der Waals surface area contributed by atoms with E-state index in [9.17, 15) is 4.79 Å². The lowest BCUT2D eigenvalue weighted by molar-refractivity contribution is -0.138. The molecule has 0 saturated carbocycles. The first-order valence-electron chi connectivity index (χ1n) is 7.99. The number of rotatable bonds is 5. The summed E-state index contributed by atoms with van der Waals surface area (Å²) in [5.41, 5.74) is 0. The summed E-state index contributed by atoms with van der Waals surface area (Å²) >= 11 is 0. The number of piperidine rings is 1. The molecule has 1 aromatic rings. The Bertz CT molecular complexity index is 491. The number of ether oxygens (including phenoxy) is 2. The normalized spacial score (nSPS) is 23.1. The van der Waals surface area contributed by atoms with Gasteiger partial charge in [0.25, 0.3) is 0 Å². The molecule has 1 atom stereocenters. The van der Waals surface area contributed by atoms with Gasteiger partial charge in [-0.25, -0.2) is 0 Å². The van der Waals surface area contributed by atoms with E-state index < -0.39 is 0 Å². The topological polar surface area (TPSA) is 77.7 Å². The van der Waals surface area contributed by atoms with Crippen LogP contribution in [0.1, 0.15) is 43.3 Å². The van der Waals surface area contributed by atoms with Crippen LogP contribution in [-0.4, -0.2) is 60.0 Å². The van der Waals surface area contributed by atoms with Gasteiger partial charge >= 0.3 is 0 Å². The number of nitrogens with zero attached hydrogens (tertiary/aromatic N) is 3. The Labute approximate surface area is 129 Å². The number of hydrogen-bond acceptors (Lipinski definition) is 6. The highest BCUT2D eigenvalue weighted by atomic mass is 16.5. The molecule has 1 amide bonds. The van der Waals surface area contributed by atoms with E-state index in [1.54, 1.807) is 6.92 Å². The van der Waals surface area contributed by atoms with Crippen LogP contribution in [0, 0.1) is 6.92 Å². The highest BCUT2D eigenvalue weighted by Crippen LogP contribution is 2.25. The van der Waals surface area contributed by atoms with Crippen molar-refractivity contribution in [1.29, 1.82) is 0 Å². The molecule has 2 aliphatic rings. The van der Waals surface area contributed by atoms with E-state index in [1.165, 1.54) is 0 Å². The predicted octanol–water partition coefficient (Wildman–Crippen LogP) is 1.28. The van der Waals surface area contributed by atoms with Crippen molar-refractivity contribution in [3.05, 3.63) is 11.7 Å². The maximum atomic E-state index is 12.1. The minimum atomic E-state index is 0.0562. The molecule has 0 N–H and O–H groups in total. The number of likely N-dealkylation sites (tertiary alicyclic amines) is 1. The zero-order valence-electron chi connectivity index (χ0n) is 13.0. The molecule has 2 fully saturated rings. The number of hydrogen-bond donors (Lipinski definition) is 0. The molecule has 2 aliphatic heterocycles. The van der Waals surface area contributed by atoms with E-state index >= 15 is 0 Å². The van der Waals surface area contributed by atoms with Gasteiger partial charge in [0.15, 0.2) is 5.82 Å². The van der Waals surface area contributed by atoms with Gasteiger partial charge in [-0.2, -0.15) is 4.98 Å². The first kappa shape index (κ1) is 15.4. The molecule has 3 rings (SSSR count). The van der Waals surface area contributed by atoms with Gasteiger partial charge < -0.3 is 18.9 Å². The third-order valence-corrected chi connectivity index (χ3v) is 4.31. The zero-order chi connectivity index (χ0) is 15.4. The number of amides is 1. The van der Waals surface area contributed by atoms with E-state index in [4.69, 9.17) is 14.0 Å². The van der Waals surface area contributed by atoms with Crippen LogP contribution >= 0.6 is 0 Å².